The maximum Gasteiger partial charge on any atom is 0.306 e. The Kier molecular flexibility index (Phi) is 8.67. The standard InChI is InChI=1S/C21H36O4Si/c1-8-9-10-11-12-20(22)24-16-17-13-14-18(19(15-17)23-5)25-26(6,7)21(2,3)4/h13-15H,8-12,16H2,1-7H3. The fourth-order valence-corrected chi connectivity index (χ4v) is 3.27. The van der Waals surface area contributed by atoms with Gasteiger partial charge >= 0.3 is 5.97 Å². The molecule has 148 valence electrons. The number of rotatable bonds is 10. The zero-order chi connectivity index (χ0) is 19.8. The molecule has 0 amide bonds. The smallest absolute Gasteiger partial charge is 0.306 e. The number of carbonyl (C=O) groups excluding carboxylic acids is 1. The molecule has 0 saturated heterocycles. The minimum atomic E-state index is -1.93. The van der Waals surface area contributed by atoms with Gasteiger partial charge in [-0.05, 0) is 42.2 Å². The molecule has 5 heteroatoms. The van der Waals surface area contributed by atoms with Crippen LogP contribution in [-0.2, 0) is 16.1 Å². The quantitative estimate of drug-likeness (QED) is 0.280. The van der Waals surface area contributed by atoms with E-state index in [4.69, 9.17) is 13.9 Å². The molecule has 0 fully saturated rings. The van der Waals surface area contributed by atoms with Gasteiger partial charge in [-0.3, -0.25) is 4.79 Å². The van der Waals surface area contributed by atoms with E-state index in [2.05, 4.69) is 40.8 Å². The van der Waals surface area contributed by atoms with Crippen LogP contribution in [0.1, 0.15) is 65.4 Å². The number of esters is 1. The second kappa shape index (κ2) is 10.0. The number of hydrogen-bond acceptors (Lipinski definition) is 4. The van der Waals surface area contributed by atoms with Crippen LogP contribution in [0.15, 0.2) is 18.2 Å². The fraction of sp³-hybridized carbons (Fsp3) is 0.667. The fourth-order valence-electron chi connectivity index (χ4n) is 2.25. The van der Waals surface area contributed by atoms with E-state index in [0.29, 0.717) is 12.2 Å². The first-order chi connectivity index (χ1) is 12.1. The highest BCUT2D eigenvalue weighted by molar-refractivity contribution is 6.74. The summed E-state index contributed by atoms with van der Waals surface area (Å²) in [5, 5.41) is 0.115. The van der Waals surface area contributed by atoms with Crippen molar-refractivity contribution in [2.75, 3.05) is 7.11 Å². The average Bonchev–Trinajstić information content (AvgIpc) is 2.56. The van der Waals surface area contributed by atoms with Crippen LogP contribution >= 0.6 is 0 Å². The van der Waals surface area contributed by atoms with E-state index >= 15 is 0 Å². The number of carbonyl (C=O) groups is 1. The van der Waals surface area contributed by atoms with E-state index in [-0.39, 0.29) is 17.6 Å². The van der Waals surface area contributed by atoms with Crippen molar-refractivity contribution in [2.24, 2.45) is 0 Å². The Morgan fingerprint density at radius 2 is 1.77 bits per heavy atom. The van der Waals surface area contributed by atoms with Gasteiger partial charge in [0.05, 0.1) is 7.11 Å². The van der Waals surface area contributed by atoms with Crippen molar-refractivity contribution in [1.82, 2.24) is 0 Å². The second-order valence-electron chi connectivity index (χ2n) is 8.32. The summed E-state index contributed by atoms with van der Waals surface area (Å²) < 4.78 is 17.2. The topological polar surface area (TPSA) is 44.8 Å². The summed E-state index contributed by atoms with van der Waals surface area (Å²) in [4.78, 5) is 11.8. The van der Waals surface area contributed by atoms with E-state index in [0.717, 1.165) is 30.6 Å². The second-order valence-corrected chi connectivity index (χ2v) is 13.0. The SMILES string of the molecule is CCCCCCC(=O)OCc1ccc(O[Si](C)(C)C(C)(C)C)c(OC)c1. The number of hydrogen-bond donors (Lipinski definition) is 0. The lowest BCUT2D eigenvalue weighted by Crippen LogP contribution is -2.43. The minimum absolute atomic E-state index is 0.115. The van der Waals surface area contributed by atoms with Crippen molar-refractivity contribution in [3.63, 3.8) is 0 Å². The Morgan fingerprint density at radius 1 is 1.08 bits per heavy atom. The van der Waals surface area contributed by atoms with Gasteiger partial charge in [0.25, 0.3) is 8.32 Å². The van der Waals surface area contributed by atoms with E-state index in [1.54, 1.807) is 7.11 Å². The molecule has 4 nitrogen and oxygen atoms in total. The lowest BCUT2D eigenvalue weighted by molar-refractivity contribution is -0.145. The van der Waals surface area contributed by atoms with Gasteiger partial charge in [-0.25, -0.2) is 0 Å². The van der Waals surface area contributed by atoms with Gasteiger partial charge in [-0.15, -0.1) is 0 Å². The van der Waals surface area contributed by atoms with E-state index in [1.165, 1.54) is 6.42 Å². The van der Waals surface area contributed by atoms with Gasteiger partial charge in [-0.1, -0.05) is 53.0 Å². The van der Waals surface area contributed by atoms with Crippen molar-refractivity contribution in [1.29, 1.82) is 0 Å². The summed E-state index contributed by atoms with van der Waals surface area (Å²) in [5.41, 5.74) is 0.909. The largest absolute Gasteiger partial charge is 0.541 e. The number of methoxy groups -OCH3 is 1. The molecule has 0 atom stereocenters. The Hall–Kier alpha value is -1.49. The monoisotopic (exact) mass is 380 g/mol. The molecule has 0 aliphatic rings. The number of benzene rings is 1. The molecule has 0 bridgehead atoms. The summed E-state index contributed by atoms with van der Waals surface area (Å²) in [6.07, 6.45) is 4.80. The molecule has 0 aliphatic heterocycles. The van der Waals surface area contributed by atoms with Crippen LogP contribution in [0, 0.1) is 0 Å². The van der Waals surface area contributed by atoms with Gasteiger partial charge < -0.3 is 13.9 Å². The van der Waals surface area contributed by atoms with Crippen molar-refractivity contribution < 1.29 is 18.7 Å². The Bertz CT molecular complexity index is 576. The highest BCUT2D eigenvalue weighted by Gasteiger charge is 2.39. The predicted octanol–water partition coefficient (Wildman–Crippen LogP) is 6.09. The van der Waals surface area contributed by atoms with Crippen LogP contribution in [0.2, 0.25) is 18.1 Å². The Morgan fingerprint density at radius 3 is 2.35 bits per heavy atom. The van der Waals surface area contributed by atoms with Crippen LogP contribution in [0.5, 0.6) is 11.5 Å². The molecule has 26 heavy (non-hydrogen) atoms. The molecule has 0 aromatic heterocycles. The molecule has 1 rings (SSSR count). The lowest BCUT2D eigenvalue weighted by Gasteiger charge is -2.36. The highest BCUT2D eigenvalue weighted by Crippen LogP contribution is 2.40. The van der Waals surface area contributed by atoms with E-state index in [9.17, 15) is 4.79 Å². The predicted molar refractivity (Wildman–Crippen MR) is 109 cm³/mol. The van der Waals surface area contributed by atoms with Crippen LogP contribution in [-0.4, -0.2) is 21.4 Å². The van der Waals surface area contributed by atoms with Crippen molar-refractivity contribution in [3.05, 3.63) is 23.8 Å². The third-order valence-electron chi connectivity index (χ3n) is 5.03. The van der Waals surface area contributed by atoms with Gasteiger partial charge in [0.2, 0.25) is 0 Å². The molecule has 0 radical (unpaired) electrons. The lowest BCUT2D eigenvalue weighted by atomic mass is 10.1. The van der Waals surface area contributed by atoms with Gasteiger partial charge in [0.1, 0.15) is 12.4 Å². The van der Waals surface area contributed by atoms with Crippen molar-refractivity contribution in [2.45, 2.75) is 84.5 Å². The summed E-state index contributed by atoms with van der Waals surface area (Å²) in [5.74, 6) is 1.31. The molecular weight excluding hydrogens is 344 g/mol. The minimum Gasteiger partial charge on any atom is -0.541 e. The van der Waals surface area contributed by atoms with Crippen LogP contribution < -0.4 is 9.16 Å². The Labute approximate surface area is 160 Å². The first-order valence-electron chi connectivity index (χ1n) is 9.62. The van der Waals surface area contributed by atoms with E-state index in [1.807, 2.05) is 18.2 Å². The number of unbranched alkanes of at least 4 members (excludes halogenated alkanes) is 3. The molecule has 0 saturated carbocycles. The first-order valence-corrected chi connectivity index (χ1v) is 12.5. The Balaban J connectivity index is 2.67. The third-order valence-corrected chi connectivity index (χ3v) is 9.38. The third kappa shape index (κ3) is 7.02. The van der Waals surface area contributed by atoms with Crippen molar-refractivity contribution in [3.8, 4) is 11.5 Å². The average molecular weight is 381 g/mol. The van der Waals surface area contributed by atoms with Crippen LogP contribution in [0.4, 0.5) is 0 Å². The zero-order valence-corrected chi connectivity index (χ0v) is 18.6. The summed E-state index contributed by atoms with van der Waals surface area (Å²) in [6, 6.07) is 5.76. The van der Waals surface area contributed by atoms with Gasteiger partial charge in [-0.2, -0.15) is 0 Å². The molecule has 1 aromatic carbocycles. The maximum atomic E-state index is 11.8. The molecule has 0 unspecified atom stereocenters. The van der Waals surface area contributed by atoms with E-state index < -0.39 is 8.32 Å². The first kappa shape index (κ1) is 22.5. The molecule has 0 N–H and O–H groups in total. The molecule has 1 aromatic rings. The van der Waals surface area contributed by atoms with Crippen LogP contribution in [0.25, 0.3) is 0 Å². The summed E-state index contributed by atoms with van der Waals surface area (Å²) >= 11 is 0. The highest BCUT2D eigenvalue weighted by atomic mass is 28.4. The summed E-state index contributed by atoms with van der Waals surface area (Å²) in [7, 11) is -0.298. The maximum absolute atomic E-state index is 11.8. The van der Waals surface area contributed by atoms with Crippen LogP contribution in [0.3, 0.4) is 0 Å². The summed E-state index contributed by atoms with van der Waals surface area (Å²) in [6.45, 7) is 13.5. The molecule has 0 heterocycles. The molecular formula is C21H36O4Si. The zero-order valence-electron chi connectivity index (χ0n) is 17.6. The normalized spacial score (nSPS) is 12.0. The molecule has 0 spiro atoms. The van der Waals surface area contributed by atoms with Crippen molar-refractivity contribution >= 4 is 14.3 Å². The molecule has 0 aliphatic carbocycles. The van der Waals surface area contributed by atoms with Gasteiger partial charge in [0, 0.05) is 6.42 Å². The number of ether oxygens (including phenoxy) is 2. The van der Waals surface area contributed by atoms with Gasteiger partial charge in [0.15, 0.2) is 5.75 Å².